The third kappa shape index (κ3) is 10.7. The molecule has 0 fully saturated rings. The molecule has 0 amide bonds. The van der Waals surface area contributed by atoms with Crippen molar-refractivity contribution in [3.63, 3.8) is 0 Å². The third-order valence-corrected chi connectivity index (χ3v) is 6.15. The lowest BCUT2D eigenvalue weighted by Gasteiger charge is -2.19. The van der Waals surface area contributed by atoms with Crippen LogP contribution >= 0.6 is 90.9 Å². The molecule has 0 unspecified atom stereocenters. The highest BCUT2D eigenvalue weighted by molar-refractivity contribution is 9.40. The van der Waals surface area contributed by atoms with Crippen molar-refractivity contribution in [3.8, 4) is 0 Å². The van der Waals surface area contributed by atoms with E-state index in [0.717, 1.165) is 0 Å². The monoisotopic (exact) mass is 388 g/mol. The molecule has 9 heteroatoms. The molecule has 0 N–H and O–H groups in total. The Morgan fingerprint density at radius 3 is 1.31 bits per heavy atom. The molecule has 0 atom stereocenters. The summed E-state index contributed by atoms with van der Waals surface area (Å²) in [6.07, 6.45) is -0.364. The van der Waals surface area contributed by atoms with Crippen LogP contribution in [0, 0.1) is 0 Å². The standard InChI is InChI=1S/C4H4BrCl6OP/c5-13(12,1-3(6,7)8)2-4(9,10)11/h1-2H2. The van der Waals surface area contributed by atoms with E-state index in [0.29, 0.717) is 0 Å². The Bertz CT molecular complexity index is 200. The molecule has 80 valence electrons. The molecule has 13 heavy (non-hydrogen) atoms. The van der Waals surface area contributed by atoms with Crippen LogP contribution in [0.3, 0.4) is 0 Å². The fourth-order valence-electron chi connectivity index (χ4n) is 0.591. The van der Waals surface area contributed by atoms with Gasteiger partial charge in [0, 0.05) is 0 Å². The zero-order valence-electron chi connectivity index (χ0n) is 5.92. The molecule has 0 radical (unpaired) electrons. The van der Waals surface area contributed by atoms with Crippen LogP contribution < -0.4 is 0 Å². The summed E-state index contributed by atoms with van der Waals surface area (Å²) in [6, 6.07) is 0. The molecule has 0 bridgehead atoms. The van der Waals surface area contributed by atoms with Crippen molar-refractivity contribution in [2.24, 2.45) is 0 Å². The van der Waals surface area contributed by atoms with Crippen molar-refractivity contribution in [3.05, 3.63) is 0 Å². The van der Waals surface area contributed by atoms with E-state index < -0.39 is 13.4 Å². The molecular formula is C4H4BrCl6OP. The fraction of sp³-hybridized carbons (Fsp3) is 1.00. The van der Waals surface area contributed by atoms with Crippen LogP contribution in [0.15, 0.2) is 0 Å². The van der Waals surface area contributed by atoms with Crippen LogP contribution in [-0.4, -0.2) is 19.9 Å². The second-order valence-corrected chi connectivity index (χ2v) is 13.5. The van der Waals surface area contributed by atoms with E-state index in [2.05, 4.69) is 15.5 Å². The van der Waals surface area contributed by atoms with Crippen LogP contribution in [0.1, 0.15) is 0 Å². The van der Waals surface area contributed by atoms with Crippen molar-refractivity contribution < 1.29 is 4.57 Å². The molecule has 0 heterocycles. The Kier molecular flexibility index (Phi) is 6.16. The SMILES string of the molecule is O=P(Br)(CC(Cl)(Cl)Cl)CC(Cl)(Cl)Cl. The lowest BCUT2D eigenvalue weighted by Crippen LogP contribution is -2.15. The molecule has 0 saturated heterocycles. The minimum atomic E-state index is -2.91. The zero-order valence-corrected chi connectivity index (χ0v) is 12.9. The Morgan fingerprint density at radius 1 is 0.923 bits per heavy atom. The van der Waals surface area contributed by atoms with Gasteiger partial charge in [0.25, 0.3) is 0 Å². The van der Waals surface area contributed by atoms with Crippen molar-refractivity contribution in [1.82, 2.24) is 0 Å². The first kappa shape index (κ1) is 15.4. The Labute approximate surface area is 114 Å². The van der Waals surface area contributed by atoms with Gasteiger partial charge in [-0.3, -0.25) is 0 Å². The number of alkyl halides is 6. The summed E-state index contributed by atoms with van der Waals surface area (Å²) in [5, 5.41) is 0. The number of hydrogen-bond acceptors (Lipinski definition) is 1. The molecule has 0 aliphatic carbocycles. The van der Waals surface area contributed by atoms with E-state index in [9.17, 15) is 4.57 Å². The fourth-order valence-corrected chi connectivity index (χ4v) is 10.1. The first-order chi connectivity index (χ1) is 5.41. The van der Waals surface area contributed by atoms with Gasteiger partial charge in [-0.25, -0.2) is 0 Å². The number of hydrogen-bond donors (Lipinski definition) is 0. The average Bonchev–Trinajstić information content (AvgIpc) is 1.43. The van der Waals surface area contributed by atoms with Crippen molar-refractivity contribution in [2.75, 3.05) is 12.3 Å². The highest BCUT2D eigenvalue weighted by Gasteiger charge is 2.37. The van der Waals surface area contributed by atoms with Crippen molar-refractivity contribution in [1.29, 1.82) is 0 Å². The van der Waals surface area contributed by atoms with Crippen LogP contribution in [-0.2, 0) is 4.57 Å². The van der Waals surface area contributed by atoms with E-state index in [1.807, 2.05) is 0 Å². The van der Waals surface area contributed by atoms with Crippen LogP contribution in [0.5, 0.6) is 0 Å². The molecule has 1 nitrogen and oxygen atoms in total. The largest absolute Gasteiger partial charge is 0.311 e. The van der Waals surface area contributed by atoms with Gasteiger partial charge in [0.1, 0.15) is 0 Å². The molecule has 0 aromatic rings. The highest BCUT2D eigenvalue weighted by Crippen LogP contribution is 2.61. The predicted octanol–water partition coefficient (Wildman–Crippen LogP) is 5.40. The van der Waals surface area contributed by atoms with Gasteiger partial charge < -0.3 is 4.57 Å². The van der Waals surface area contributed by atoms with Crippen LogP contribution in [0.4, 0.5) is 0 Å². The first-order valence-electron chi connectivity index (χ1n) is 2.83. The molecule has 0 aromatic heterocycles. The quantitative estimate of drug-likeness (QED) is 0.455. The molecule has 0 aliphatic rings. The van der Waals surface area contributed by atoms with Gasteiger partial charge in [-0.1, -0.05) is 69.6 Å². The van der Waals surface area contributed by atoms with E-state index in [4.69, 9.17) is 69.6 Å². The summed E-state index contributed by atoms with van der Waals surface area (Å²) in [5.74, 6) is -2.91. The van der Waals surface area contributed by atoms with Crippen molar-refractivity contribution in [2.45, 2.75) is 7.59 Å². The summed E-state index contributed by atoms with van der Waals surface area (Å²) in [6.45, 7) is 0. The number of halogens is 7. The van der Waals surface area contributed by atoms with Crippen molar-refractivity contribution >= 4 is 90.9 Å². The summed E-state index contributed by atoms with van der Waals surface area (Å²) < 4.78 is 8.42. The molecule has 0 saturated carbocycles. The van der Waals surface area contributed by atoms with Gasteiger partial charge >= 0.3 is 0 Å². The summed E-state index contributed by atoms with van der Waals surface area (Å²) in [7, 11) is 0. The zero-order chi connectivity index (χ0) is 10.9. The second kappa shape index (κ2) is 5.19. The molecule has 0 aliphatic heterocycles. The Hall–Kier alpha value is 2.45. The molecule has 0 spiro atoms. The minimum absolute atomic E-state index is 0.182. The van der Waals surface area contributed by atoms with E-state index in [-0.39, 0.29) is 12.3 Å². The van der Waals surface area contributed by atoms with Gasteiger partial charge in [0.15, 0.2) is 13.4 Å². The Balaban J connectivity index is 4.35. The van der Waals surface area contributed by atoms with Gasteiger partial charge in [-0.15, -0.1) is 0 Å². The summed E-state index contributed by atoms with van der Waals surface area (Å²) in [4.78, 5) is 0. The lowest BCUT2D eigenvalue weighted by molar-refractivity contribution is 0.585. The maximum absolute atomic E-state index is 11.7. The summed E-state index contributed by atoms with van der Waals surface area (Å²) in [5.41, 5.74) is 0. The minimum Gasteiger partial charge on any atom is -0.311 e. The maximum Gasteiger partial charge on any atom is 0.198 e. The van der Waals surface area contributed by atoms with Crippen LogP contribution in [0.25, 0.3) is 0 Å². The predicted molar refractivity (Wildman–Crippen MR) is 66.8 cm³/mol. The van der Waals surface area contributed by atoms with Gasteiger partial charge in [0.2, 0.25) is 0 Å². The van der Waals surface area contributed by atoms with Gasteiger partial charge in [-0.05, 0) is 15.5 Å². The van der Waals surface area contributed by atoms with E-state index >= 15 is 0 Å². The molecule has 0 aromatic carbocycles. The maximum atomic E-state index is 11.7. The average molecular weight is 392 g/mol. The lowest BCUT2D eigenvalue weighted by atomic mass is 10.9. The van der Waals surface area contributed by atoms with Gasteiger partial charge in [-0.2, -0.15) is 0 Å². The third-order valence-electron chi connectivity index (χ3n) is 0.831. The first-order valence-corrected chi connectivity index (χ1v) is 9.19. The highest BCUT2D eigenvalue weighted by atomic mass is 79.9. The normalized spacial score (nSPS) is 14.7. The molecule has 0 rings (SSSR count). The smallest absolute Gasteiger partial charge is 0.198 e. The Morgan fingerprint density at radius 2 is 1.15 bits per heavy atom. The topological polar surface area (TPSA) is 17.1 Å². The summed E-state index contributed by atoms with van der Waals surface area (Å²) >= 11 is 35.6. The van der Waals surface area contributed by atoms with E-state index in [1.54, 1.807) is 0 Å². The molecular weight excluding hydrogens is 388 g/mol. The van der Waals surface area contributed by atoms with Gasteiger partial charge in [0.05, 0.1) is 12.3 Å². The van der Waals surface area contributed by atoms with E-state index in [1.165, 1.54) is 0 Å². The van der Waals surface area contributed by atoms with Crippen LogP contribution in [0.2, 0.25) is 0 Å². The number of rotatable bonds is 2. The second-order valence-electron chi connectivity index (χ2n) is 2.34.